The first kappa shape index (κ1) is 22.1. The van der Waals surface area contributed by atoms with Crippen LogP contribution >= 0.6 is 22.6 Å². The molecular weight excluding hydrogens is 515 g/mol. The molecule has 0 aliphatic heterocycles. The number of nitrogens with one attached hydrogen (secondary N) is 2. The summed E-state index contributed by atoms with van der Waals surface area (Å²) in [6.45, 7) is 1.85. The van der Waals surface area contributed by atoms with Crippen molar-refractivity contribution in [2.45, 2.75) is 16.7 Å². The van der Waals surface area contributed by atoms with E-state index in [0.717, 1.165) is 14.8 Å². The van der Waals surface area contributed by atoms with Crippen molar-refractivity contribution >= 4 is 49.7 Å². The van der Waals surface area contributed by atoms with Crippen molar-refractivity contribution in [2.24, 2.45) is 0 Å². The van der Waals surface area contributed by atoms with Gasteiger partial charge in [-0.05, 0) is 89.7 Å². The quantitative estimate of drug-likeness (QED) is 0.435. The highest BCUT2D eigenvalue weighted by Crippen LogP contribution is 2.28. The van der Waals surface area contributed by atoms with Gasteiger partial charge >= 0.3 is 0 Å². The van der Waals surface area contributed by atoms with E-state index >= 15 is 0 Å². The summed E-state index contributed by atoms with van der Waals surface area (Å²) < 4.78 is 32.3. The topological polar surface area (TPSA) is 84.5 Å². The molecule has 0 saturated carbocycles. The van der Waals surface area contributed by atoms with Gasteiger partial charge in [0, 0.05) is 9.26 Å². The van der Waals surface area contributed by atoms with Gasteiger partial charge in [0.1, 0.15) is 5.75 Å². The third-order valence-electron chi connectivity index (χ3n) is 4.45. The Kier molecular flexibility index (Phi) is 6.99. The van der Waals surface area contributed by atoms with Crippen molar-refractivity contribution in [2.75, 3.05) is 24.3 Å². The molecule has 0 bridgehead atoms. The second kappa shape index (κ2) is 9.48. The molecule has 2 N–H and O–H groups in total. The molecule has 0 aromatic heterocycles. The number of hydrogen-bond donors (Lipinski definition) is 2. The van der Waals surface area contributed by atoms with E-state index in [0.29, 0.717) is 11.4 Å². The first-order valence-corrected chi connectivity index (χ1v) is 11.7. The monoisotopic (exact) mass is 536 g/mol. The summed E-state index contributed by atoms with van der Waals surface area (Å²) in [5.41, 5.74) is 2.04. The zero-order valence-corrected chi connectivity index (χ0v) is 19.5. The maximum atomic E-state index is 13.1. The highest BCUT2D eigenvalue weighted by Gasteiger charge is 2.21. The molecule has 6 nitrogen and oxygen atoms in total. The van der Waals surface area contributed by atoms with Gasteiger partial charge in [-0.2, -0.15) is 0 Å². The summed E-state index contributed by atoms with van der Waals surface area (Å²) in [4.78, 5) is 12.6. The molecule has 0 spiro atoms. The van der Waals surface area contributed by atoms with Crippen LogP contribution in [0.1, 0.15) is 5.56 Å². The van der Waals surface area contributed by atoms with Crippen LogP contribution in [-0.4, -0.2) is 28.0 Å². The number of carbonyl (C=O) groups is 1. The van der Waals surface area contributed by atoms with Crippen LogP contribution in [-0.2, 0) is 14.6 Å². The Hall–Kier alpha value is -2.59. The minimum atomic E-state index is -3.76. The maximum absolute atomic E-state index is 13.1. The largest absolute Gasteiger partial charge is 0.497 e. The van der Waals surface area contributed by atoms with E-state index in [1.54, 1.807) is 30.3 Å². The number of para-hydroxylation sites is 1. The second-order valence-electron chi connectivity index (χ2n) is 6.54. The van der Waals surface area contributed by atoms with Crippen LogP contribution in [0.25, 0.3) is 0 Å². The Morgan fingerprint density at radius 1 is 1.00 bits per heavy atom. The standard InChI is InChI=1S/C22H21IN2O4S/c1-15-13-16(23)7-12-19(15)25-22(26)14-24-20-5-3-4-6-21(20)30(27,28)18-10-8-17(29-2)9-11-18/h3-13,24H,14H2,1-2H3,(H,25,26). The fraction of sp³-hybridized carbons (Fsp3) is 0.136. The van der Waals surface area contributed by atoms with E-state index in [-0.39, 0.29) is 22.2 Å². The van der Waals surface area contributed by atoms with Gasteiger partial charge in [0.25, 0.3) is 0 Å². The second-order valence-corrected chi connectivity index (χ2v) is 9.70. The molecule has 0 saturated heterocycles. The normalized spacial score (nSPS) is 11.0. The fourth-order valence-corrected chi connectivity index (χ4v) is 4.95. The lowest BCUT2D eigenvalue weighted by Crippen LogP contribution is -2.23. The van der Waals surface area contributed by atoms with E-state index < -0.39 is 9.84 Å². The van der Waals surface area contributed by atoms with Crippen molar-refractivity contribution in [3.05, 3.63) is 75.9 Å². The molecule has 3 aromatic rings. The SMILES string of the molecule is COc1ccc(S(=O)(=O)c2ccccc2NCC(=O)Nc2ccc(I)cc2C)cc1. The van der Waals surface area contributed by atoms with Gasteiger partial charge in [-0.3, -0.25) is 4.79 Å². The lowest BCUT2D eigenvalue weighted by atomic mass is 10.2. The summed E-state index contributed by atoms with van der Waals surface area (Å²) in [6, 6.07) is 18.4. The molecule has 3 aromatic carbocycles. The maximum Gasteiger partial charge on any atom is 0.243 e. The third kappa shape index (κ3) is 5.11. The molecule has 0 heterocycles. The highest BCUT2D eigenvalue weighted by molar-refractivity contribution is 14.1. The predicted octanol–water partition coefficient (Wildman–Crippen LogP) is 4.49. The molecule has 0 radical (unpaired) electrons. The van der Waals surface area contributed by atoms with Crippen molar-refractivity contribution in [1.29, 1.82) is 0 Å². The van der Waals surface area contributed by atoms with Crippen molar-refractivity contribution in [3.8, 4) is 5.75 Å². The van der Waals surface area contributed by atoms with E-state index in [1.807, 2.05) is 25.1 Å². The molecule has 0 fully saturated rings. The zero-order valence-electron chi connectivity index (χ0n) is 16.5. The van der Waals surface area contributed by atoms with Gasteiger partial charge in [-0.15, -0.1) is 0 Å². The number of halogens is 1. The molecule has 8 heteroatoms. The molecule has 0 unspecified atom stereocenters. The summed E-state index contributed by atoms with van der Waals surface area (Å²) in [5, 5.41) is 5.79. The summed E-state index contributed by atoms with van der Waals surface area (Å²) >= 11 is 2.21. The van der Waals surface area contributed by atoms with Gasteiger partial charge in [0.15, 0.2) is 0 Å². The smallest absolute Gasteiger partial charge is 0.243 e. The van der Waals surface area contributed by atoms with Gasteiger partial charge in [0.05, 0.1) is 29.1 Å². The van der Waals surface area contributed by atoms with Crippen LogP contribution in [0.2, 0.25) is 0 Å². The zero-order chi connectivity index (χ0) is 21.7. The summed E-state index contributed by atoms with van der Waals surface area (Å²) in [5.74, 6) is 0.305. The summed E-state index contributed by atoms with van der Waals surface area (Å²) in [6.07, 6.45) is 0. The number of rotatable bonds is 7. The average molecular weight is 536 g/mol. The minimum Gasteiger partial charge on any atom is -0.497 e. The van der Waals surface area contributed by atoms with Gasteiger partial charge in [-0.1, -0.05) is 12.1 Å². The molecule has 156 valence electrons. The van der Waals surface area contributed by atoms with Crippen LogP contribution in [0.3, 0.4) is 0 Å². The molecule has 0 aliphatic rings. The molecule has 30 heavy (non-hydrogen) atoms. The number of amides is 1. The number of sulfone groups is 1. The molecule has 0 aliphatic carbocycles. The van der Waals surface area contributed by atoms with Crippen LogP contribution in [0.5, 0.6) is 5.75 Å². The van der Waals surface area contributed by atoms with Gasteiger partial charge in [-0.25, -0.2) is 8.42 Å². The van der Waals surface area contributed by atoms with E-state index in [4.69, 9.17) is 4.74 Å². The Labute approximate surface area is 189 Å². The van der Waals surface area contributed by atoms with E-state index in [9.17, 15) is 13.2 Å². The number of methoxy groups -OCH3 is 1. The first-order chi connectivity index (χ1) is 14.3. The third-order valence-corrected chi connectivity index (χ3v) is 6.95. The number of benzene rings is 3. The Balaban J connectivity index is 1.77. The lowest BCUT2D eigenvalue weighted by Gasteiger charge is -2.14. The Morgan fingerprint density at radius 3 is 2.37 bits per heavy atom. The number of carbonyl (C=O) groups excluding carboxylic acids is 1. The first-order valence-electron chi connectivity index (χ1n) is 9.09. The highest BCUT2D eigenvalue weighted by atomic mass is 127. The fourth-order valence-electron chi connectivity index (χ4n) is 2.87. The molecule has 0 atom stereocenters. The van der Waals surface area contributed by atoms with E-state index in [2.05, 4.69) is 33.2 Å². The van der Waals surface area contributed by atoms with Gasteiger partial charge < -0.3 is 15.4 Å². The Morgan fingerprint density at radius 2 is 1.70 bits per heavy atom. The summed E-state index contributed by atoms with van der Waals surface area (Å²) in [7, 11) is -2.24. The van der Waals surface area contributed by atoms with Crippen LogP contribution in [0, 0.1) is 10.5 Å². The van der Waals surface area contributed by atoms with Crippen molar-refractivity contribution < 1.29 is 17.9 Å². The van der Waals surface area contributed by atoms with Crippen LogP contribution in [0.4, 0.5) is 11.4 Å². The molecule has 3 rings (SSSR count). The van der Waals surface area contributed by atoms with Gasteiger partial charge in [0.2, 0.25) is 15.7 Å². The number of hydrogen-bond acceptors (Lipinski definition) is 5. The average Bonchev–Trinajstić information content (AvgIpc) is 2.74. The number of anilines is 2. The van der Waals surface area contributed by atoms with Crippen LogP contribution in [0.15, 0.2) is 76.5 Å². The van der Waals surface area contributed by atoms with E-state index in [1.165, 1.54) is 25.3 Å². The van der Waals surface area contributed by atoms with Crippen molar-refractivity contribution in [1.82, 2.24) is 0 Å². The molecule has 1 amide bonds. The van der Waals surface area contributed by atoms with Crippen LogP contribution < -0.4 is 15.4 Å². The lowest BCUT2D eigenvalue weighted by molar-refractivity contribution is -0.114. The van der Waals surface area contributed by atoms with Crippen molar-refractivity contribution in [3.63, 3.8) is 0 Å². The Bertz CT molecular complexity index is 1160. The molecular formula is C22H21IN2O4S. The predicted molar refractivity (Wildman–Crippen MR) is 126 cm³/mol. The number of ether oxygens (including phenoxy) is 1. The minimum absolute atomic E-state index is 0.0689. The number of aryl methyl sites for hydroxylation is 1.